The molecule has 24 heavy (non-hydrogen) atoms. The quantitative estimate of drug-likeness (QED) is 0.566. The molecule has 0 spiro atoms. The van der Waals surface area contributed by atoms with Crippen molar-refractivity contribution in [3.05, 3.63) is 29.6 Å². The maximum atomic E-state index is 12.6. The van der Waals surface area contributed by atoms with E-state index in [9.17, 15) is 18.0 Å². The van der Waals surface area contributed by atoms with Gasteiger partial charge in [0.25, 0.3) is 0 Å². The highest BCUT2D eigenvalue weighted by atomic mass is 19.4. The third-order valence-corrected chi connectivity index (χ3v) is 3.55. The second kappa shape index (κ2) is 7.55. The molecule has 0 unspecified atom stereocenters. The SMILES string of the molecule is CCCCOc1ccc2c(C(=O)OC)cnn2c1CCC(F)(F)F. The number of fused-ring (bicyclic) bond motifs is 1. The Morgan fingerprint density at radius 1 is 1.33 bits per heavy atom. The van der Waals surface area contributed by atoms with Gasteiger partial charge in [-0.3, -0.25) is 0 Å². The van der Waals surface area contributed by atoms with Crippen LogP contribution in [0.1, 0.15) is 42.2 Å². The lowest BCUT2D eigenvalue weighted by Crippen LogP contribution is -2.12. The van der Waals surface area contributed by atoms with Crippen LogP contribution in [-0.4, -0.2) is 35.5 Å². The summed E-state index contributed by atoms with van der Waals surface area (Å²) >= 11 is 0. The number of halogens is 3. The maximum absolute atomic E-state index is 12.6. The number of pyridine rings is 1. The maximum Gasteiger partial charge on any atom is 0.389 e. The van der Waals surface area contributed by atoms with Crippen LogP contribution in [0.15, 0.2) is 18.3 Å². The number of aryl methyl sites for hydroxylation is 1. The number of hydrogen-bond acceptors (Lipinski definition) is 4. The minimum atomic E-state index is -4.29. The van der Waals surface area contributed by atoms with Crippen LogP contribution in [0.4, 0.5) is 13.2 Å². The summed E-state index contributed by atoms with van der Waals surface area (Å²) < 4.78 is 49.5. The number of methoxy groups -OCH3 is 1. The van der Waals surface area contributed by atoms with Crippen LogP contribution in [0.2, 0.25) is 0 Å². The predicted octanol–water partition coefficient (Wildman–Crippen LogP) is 3.79. The molecule has 5 nitrogen and oxygen atoms in total. The van der Waals surface area contributed by atoms with Crippen LogP contribution >= 0.6 is 0 Å². The summed E-state index contributed by atoms with van der Waals surface area (Å²) in [6.07, 6.45) is -2.58. The molecule has 0 saturated carbocycles. The van der Waals surface area contributed by atoms with Gasteiger partial charge in [0.05, 0.1) is 31.1 Å². The molecule has 0 aliphatic carbocycles. The number of ether oxygens (including phenoxy) is 2. The number of esters is 1. The second-order valence-electron chi connectivity index (χ2n) is 5.31. The number of aromatic nitrogens is 2. The van der Waals surface area contributed by atoms with Gasteiger partial charge >= 0.3 is 12.1 Å². The second-order valence-corrected chi connectivity index (χ2v) is 5.31. The fourth-order valence-electron chi connectivity index (χ4n) is 2.30. The Labute approximate surface area is 137 Å². The lowest BCUT2D eigenvalue weighted by atomic mass is 10.1. The van der Waals surface area contributed by atoms with Crippen molar-refractivity contribution in [2.24, 2.45) is 0 Å². The number of carbonyl (C=O) groups is 1. The van der Waals surface area contributed by atoms with E-state index in [0.717, 1.165) is 12.8 Å². The number of nitrogens with zero attached hydrogens (tertiary/aromatic N) is 2. The molecule has 0 aliphatic heterocycles. The van der Waals surface area contributed by atoms with E-state index in [4.69, 9.17) is 4.74 Å². The molecule has 0 atom stereocenters. The monoisotopic (exact) mass is 344 g/mol. The Morgan fingerprint density at radius 3 is 2.71 bits per heavy atom. The summed E-state index contributed by atoms with van der Waals surface area (Å²) in [7, 11) is 1.23. The van der Waals surface area contributed by atoms with Crippen LogP contribution in [0.3, 0.4) is 0 Å². The Kier molecular flexibility index (Phi) is 5.69. The Hall–Kier alpha value is -2.25. The van der Waals surface area contributed by atoms with Crippen molar-refractivity contribution >= 4 is 11.5 Å². The van der Waals surface area contributed by atoms with Crippen LogP contribution in [0.5, 0.6) is 5.75 Å². The van der Waals surface area contributed by atoms with Crippen molar-refractivity contribution in [1.82, 2.24) is 9.61 Å². The van der Waals surface area contributed by atoms with Crippen LogP contribution < -0.4 is 4.74 Å². The molecule has 0 fully saturated rings. The molecule has 2 aromatic rings. The van der Waals surface area contributed by atoms with Crippen molar-refractivity contribution < 1.29 is 27.4 Å². The van der Waals surface area contributed by atoms with Gasteiger partial charge in [-0.25, -0.2) is 9.31 Å². The number of rotatable bonds is 7. The first kappa shape index (κ1) is 18.1. The Bertz CT molecular complexity index is 710. The molecule has 0 bridgehead atoms. The number of carbonyl (C=O) groups excluding carboxylic acids is 1. The molecule has 2 rings (SSSR count). The van der Waals surface area contributed by atoms with E-state index in [1.165, 1.54) is 17.8 Å². The zero-order valence-corrected chi connectivity index (χ0v) is 13.5. The molecule has 2 heterocycles. The van der Waals surface area contributed by atoms with Gasteiger partial charge in [-0.15, -0.1) is 0 Å². The Balaban J connectivity index is 2.42. The summed E-state index contributed by atoms with van der Waals surface area (Å²) in [4.78, 5) is 11.7. The van der Waals surface area contributed by atoms with E-state index in [1.807, 2.05) is 6.92 Å². The fraction of sp³-hybridized carbons (Fsp3) is 0.500. The highest BCUT2D eigenvalue weighted by Gasteiger charge is 2.28. The zero-order valence-electron chi connectivity index (χ0n) is 13.5. The minimum absolute atomic E-state index is 0.200. The molecule has 0 aromatic carbocycles. The van der Waals surface area contributed by atoms with Crippen LogP contribution in [-0.2, 0) is 11.2 Å². The molecule has 0 N–H and O–H groups in total. The highest BCUT2D eigenvalue weighted by Crippen LogP contribution is 2.28. The van der Waals surface area contributed by atoms with E-state index in [1.54, 1.807) is 12.1 Å². The third kappa shape index (κ3) is 4.18. The standard InChI is InChI=1S/C16H19F3N2O3/c1-3-4-9-24-14-6-5-12-11(15(22)23-2)10-20-21(12)13(14)7-8-16(17,18)19/h5-6,10H,3-4,7-9H2,1-2H3. The van der Waals surface area contributed by atoms with Crippen molar-refractivity contribution in [1.29, 1.82) is 0 Å². The van der Waals surface area contributed by atoms with E-state index < -0.39 is 18.6 Å². The third-order valence-electron chi connectivity index (χ3n) is 3.55. The molecule has 0 aliphatic rings. The molecule has 0 saturated heterocycles. The van der Waals surface area contributed by atoms with Gasteiger partial charge < -0.3 is 9.47 Å². The molecular weight excluding hydrogens is 325 g/mol. The first-order valence-corrected chi connectivity index (χ1v) is 7.65. The van der Waals surface area contributed by atoms with E-state index >= 15 is 0 Å². The van der Waals surface area contributed by atoms with E-state index in [0.29, 0.717) is 17.9 Å². The predicted molar refractivity (Wildman–Crippen MR) is 81.3 cm³/mol. The van der Waals surface area contributed by atoms with Gasteiger partial charge in [-0.2, -0.15) is 18.3 Å². The average Bonchev–Trinajstić information content (AvgIpc) is 2.96. The summed E-state index contributed by atoms with van der Waals surface area (Å²) in [6.45, 7) is 2.40. The van der Waals surface area contributed by atoms with Gasteiger partial charge in [-0.1, -0.05) is 13.3 Å². The van der Waals surface area contributed by atoms with E-state index in [2.05, 4.69) is 9.84 Å². The largest absolute Gasteiger partial charge is 0.492 e. The van der Waals surface area contributed by atoms with Crippen molar-refractivity contribution in [3.8, 4) is 5.75 Å². The smallest absolute Gasteiger partial charge is 0.389 e. The molecule has 2 aromatic heterocycles. The first-order chi connectivity index (χ1) is 11.4. The molecule has 0 radical (unpaired) electrons. The van der Waals surface area contributed by atoms with Gasteiger partial charge in [0.2, 0.25) is 0 Å². The van der Waals surface area contributed by atoms with Gasteiger partial charge in [0, 0.05) is 12.8 Å². The van der Waals surface area contributed by atoms with Gasteiger partial charge in [-0.05, 0) is 18.6 Å². The molecule has 132 valence electrons. The van der Waals surface area contributed by atoms with Gasteiger partial charge in [0.15, 0.2) is 0 Å². The van der Waals surface area contributed by atoms with Crippen molar-refractivity contribution in [2.45, 2.75) is 38.8 Å². The van der Waals surface area contributed by atoms with Gasteiger partial charge in [0.1, 0.15) is 11.3 Å². The minimum Gasteiger partial charge on any atom is -0.492 e. The van der Waals surface area contributed by atoms with E-state index in [-0.39, 0.29) is 17.7 Å². The first-order valence-electron chi connectivity index (χ1n) is 7.65. The number of alkyl halides is 3. The summed E-state index contributed by atoms with van der Waals surface area (Å²) in [5.74, 6) is -0.244. The normalized spacial score (nSPS) is 11.7. The molecular formula is C16H19F3N2O3. The lowest BCUT2D eigenvalue weighted by molar-refractivity contribution is -0.134. The number of hydrogen-bond donors (Lipinski definition) is 0. The van der Waals surface area contributed by atoms with Crippen molar-refractivity contribution in [2.75, 3.05) is 13.7 Å². The summed E-state index contributed by atoms with van der Waals surface area (Å²) in [5, 5.41) is 4.05. The van der Waals surface area contributed by atoms with Crippen molar-refractivity contribution in [3.63, 3.8) is 0 Å². The lowest BCUT2D eigenvalue weighted by Gasteiger charge is -2.14. The van der Waals surface area contributed by atoms with Crippen LogP contribution in [0, 0.1) is 0 Å². The average molecular weight is 344 g/mol. The zero-order chi connectivity index (χ0) is 17.7. The van der Waals surface area contributed by atoms with Crippen LogP contribution in [0.25, 0.3) is 5.52 Å². The molecule has 0 amide bonds. The summed E-state index contributed by atoms with van der Waals surface area (Å²) in [6, 6.07) is 3.17. The molecule has 8 heteroatoms. The topological polar surface area (TPSA) is 52.8 Å². The Morgan fingerprint density at radius 2 is 2.08 bits per heavy atom. The fourth-order valence-corrected chi connectivity index (χ4v) is 2.30. The number of unbranched alkanes of at least 4 members (excludes halogenated alkanes) is 1. The highest BCUT2D eigenvalue weighted by molar-refractivity contribution is 5.96. The summed E-state index contributed by atoms with van der Waals surface area (Å²) in [5.41, 5.74) is 0.879.